The number of rotatable bonds is 6. The van der Waals surface area contributed by atoms with Crippen LogP contribution in [-0.2, 0) is 0 Å². The summed E-state index contributed by atoms with van der Waals surface area (Å²) < 4.78 is 5.78. The second-order valence-electron chi connectivity index (χ2n) is 4.33. The molecule has 0 aliphatic carbocycles. The number of hydrogen-bond acceptors (Lipinski definition) is 1. The molecule has 0 heterocycles. The van der Waals surface area contributed by atoms with Crippen LogP contribution in [0.15, 0.2) is 60.7 Å². The quantitative estimate of drug-likeness (QED) is 0.685. The molecule has 0 amide bonds. The molecule has 98 valence electrons. The van der Waals surface area contributed by atoms with E-state index in [-0.39, 0.29) is 0 Å². The average Bonchev–Trinajstić information content (AvgIpc) is 2.48. The van der Waals surface area contributed by atoms with Gasteiger partial charge in [0.15, 0.2) is 0 Å². The van der Waals surface area contributed by atoms with E-state index in [1.54, 1.807) is 0 Å². The Morgan fingerprint density at radius 1 is 1.00 bits per heavy atom. The van der Waals surface area contributed by atoms with Crippen molar-refractivity contribution in [3.63, 3.8) is 0 Å². The standard InChI is InChI=1S/C17H19OP/c1-2-3-5-8-15-11-13-16(14-12-15)18-19-17-9-6-4-7-10-17/h4-14,19H,2-3H2,1H3. The fourth-order valence-corrected chi connectivity index (χ4v) is 2.36. The minimum Gasteiger partial charge on any atom is -0.472 e. The fourth-order valence-electron chi connectivity index (χ4n) is 1.66. The molecule has 0 spiro atoms. The van der Waals surface area contributed by atoms with E-state index in [2.05, 4.69) is 43.3 Å². The van der Waals surface area contributed by atoms with E-state index in [1.165, 1.54) is 17.3 Å². The molecule has 1 unspecified atom stereocenters. The molecular weight excluding hydrogens is 251 g/mol. The van der Waals surface area contributed by atoms with Crippen molar-refractivity contribution >= 4 is 20.2 Å². The van der Waals surface area contributed by atoms with Crippen molar-refractivity contribution < 1.29 is 4.52 Å². The molecule has 0 aromatic heterocycles. The zero-order chi connectivity index (χ0) is 13.3. The maximum atomic E-state index is 5.78. The zero-order valence-corrected chi connectivity index (χ0v) is 12.2. The van der Waals surface area contributed by atoms with Gasteiger partial charge in [-0.15, -0.1) is 0 Å². The van der Waals surface area contributed by atoms with E-state index in [0.717, 1.165) is 12.2 Å². The highest BCUT2D eigenvalue weighted by Gasteiger charge is 1.95. The molecule has 0 saturated heterocycles. The molecule has 2 aromatic carbocycles. The molecule has 0 aliphatic rings. The summed E-state index contributed by atoms with van der Waals surface area (Å²) in [6.07, 6.45) is 6.69. The molecule has 0 radical (unpaired) electrons. The van der Waals surface area contributed by atoms with E-state index in [0.29, 0.717) is 8.81 Å². The summed E-state index contributed by atoms with van der Waals surface area (Å²) in [6, 6.07) is 18.5. The molecule has 0 fully saturated rings. The van der Waals surface area contributed by atoms with Crippen LogP contribution in [0.5, 0.6) is 5.75 Å². The van der Waals surface area contributed by atoms with E-state index in [1.807, 2.05) is 30.3 Å². The molecule has 0 N–H and O–H groups in total. The number of unbranched alkanes of at least 4 members (excludes halogenated alkanes) is 1. The van der Waals surface area contributed by atoms with Crippen LogP contribution >= 0.6 is 8.81 Å². The normalized spacial score (nSPS) is 11.4. The first-order chi connectivity index (χ1) is 9.38. The van der Waals surface area contributed by atoms with E-state index < -0.39 is 0 Å². The van der Waals surface area contributed by atoms with Gasteiger partial charge in [-0.3, -0.25) is 0 Å². The summed E-state index contributed by atoms with van der Waals surface area (Å²) in [5.74, 6) is 0.926. The molecule has 1 nitrogen and oxygen atoms in total. The lowest BCUT2D eigenvalue weighted by atomic mass is 10.2. The van der Waals surface area contributed by atoms with Gasteiger partial charge in [-0.2, -0.15) is 0 Å². The molecule has 0 aliphatic heterocycles. The predicted octanol–water partition coefficient (Wildman–Crippen LogP) is 4.80. The first kappa shape index (κ1) is 13.8. The lowest BCUT2D eigenvalue weighted by molar-refractivity contribution is 0.638. The van der Waals surface area contributed by atoms with Crippen molar-refractivity contribution in [2.45, 2.75) is 19.8 Å². The van der Waals surface area contributed by atoms with E-state index >= 15 is 0 Å². The van der Waals surface area contributed by atoms with Crippen LogP contribution in [0, 0.1) is 0 Å². The molecule has 19 heavy (non-hydrogen) atoms. The van der Waals surface area contributed by atoms with Crippen molar-refractivity contribution in [2.75, 3.05) is 0 Å². The second-order valence-corrected chi connectivity index (χ2v) is 5.32. The largest absolute Gasteiger partial charge is 0.472 e. The predicted molar refractivity (Wildman–Crippen MR) is 85.4 cm³/mol. The Labute approximate surface area is 117 Å². The monoisotopic (exact) mass is 270 g/mol. The first-order valence-electron chi connectivity index (χ1n) is 6.63. The van der Waals surface area contributed by atoms with Crippen LogP contribution in [0.3, 0.4) is 0 Å². The molecule has 2 rings (SSSR count). The topological polar surface area (TPSA) is 9.23 Å². The Hall–Kier alpha value is -1.59. The zero-order valence-electron chi connectivity index (χ0n) is 11.2. The number of benzene rings is 2. The Balaban J connectivity index is 1.88. The van der Waals surface area contributed by atoms with Crippen LogP contribution in [0.4, 0.5) is 0 Å². The number of allylic oxidation sites excluding steroid dienone is 1. The van der Waals surface area contributed by atoms with Crippen LogP contribution in [0.25, 0.3) is 6.08 Å². The second kappa shape index (κ2) is 7.76. The van der Waals surface area contributed by atoms with Crippen LogP contribution in [-0.4, -0.2) is 0 Å². The third-order valence-corrected chi connectivity index (χ3v) is 3.61. The van der Waals surface area contributed by atoms with Crippen molar-refractivity contribution in [1.29, 1.82) is 0 Å². The van der Waals surface area contributed by atoms with Crippen LogP contribution in [0.2, 0.25) is 0 Å². The minimum absolute atomic E-state index is 0.362. The lowest BCUT2D eigenvalue weighted by Crippen LogP contribution is -1.94. The highest BCUT2D eigenvalue weighted by atomic mass is 31.1. The van der Waals surface area contributed by atoms with Gasteiger partial charge in [0.05, 0.1) is 0 Å². The van der Waals surface area contributed by atoms with Gasteiger partial charge in [0, 0.05) is 5.30 Å². The molecule has 0 saturated carbocycles. The van der Waals surface area contributed by atoms with Gasteiger partial charge < -0.3 is 4.52 Å². The SMILES string of the molecule is CCCC=Cc1ccc(OPc2ccccc2)cc1. The summed E-state index contributed by atoms with van der Waals surface area (Å²) in [6.45, 7) is 2.19. The molecule has 1 atom stereocenters. The Morgan fingerprint density at radius 3 is 2.42 bits per heavy atom. The third kappa shape index (κ3) is 4.89. The molecular formula is C17H19OP. The van der Waals surface area contributed by atoms with Gasteiger partial charge in [-0.1, -0.05) is 68.0 Å². The average molecular weight is 270 g/mol. The van der Waals surface area contributed by atoms with Crippen molar-refractivity contribution in [1.82, 2.24) is 0 Å². The first-order valence-corrected chi connectivity index (χ1v) is 7.54. The van der Waals surface area contributed by atoms with E-state index in [9.17, 15) is 0 Å². The Kier molecular flexibility index (Phi) is 5.65. The third-order valence-electron chi connectivity index (χ3n) is 2.71. The molecule has 2 heteroatoms. The van der Waals surface area contributed by atoms with Crippen molar-refractivity contribution in [3.05, 3.63) is 66.2 Å². The van der Waals surface area contributed by atoms with E-state index in [4.69, 9.17) is 4.52 Å². The summed E-state index contributed by atoms with van der Waals surface area (Å²) >= 11 is 0. The summed E-state index contributed by atoms with van der Waals surface area (Å²) in [7, 11) is 0.362. The van der Waals surface area contributed by atoms with Crippen LogP contribution < -0.4 is 9.83 Å². The highest BCUT2D eigenvalue weighted by molar-refractivity contribution is 7.42. The highest BCUT2D eigenvalue weighted by Crippen LogP contribution is 2.21. The Bertz CT molecular complexity index is 503. The maximum Gasteiger partial charge on any atom is 0.123 e. The van der Waals surface area contributed by atoms with Crippen molar-refractivity contribution in [3.8, 4) is 5.75 Å². The lowest BCUT2D eigenvalue weighted by Gasteiger charge is -2.05. The number of hydrogen-bond donors (Lipinski definition) is 0. The summed E-state index contributed by atoms with van der Waals surface area (Å²) in [5, 5.41) is 1.22. The molecule has 0 bridgehead atoms. The van der Waals surface area contributed by atoms with Crippen LogP contribution in [0.1, 0.15) is 25.3 Å². The fraction of sp³-hybridized carbons (Fsp3) is 0.176. The van der Waals surface area contributed by atoms with Gasteiger partial charge in [-0.25, -0.2) is 0 Å². The minimum atomic E-state index is 0.362. The van der Waals surface area contributed by atoms with Crippen molar-refractivity contribution in [2.24, 2.45) is 0 Å². The molecule has 2 aromatic rings. The van der Waals surface area contributed by atoms with Gasteiger partial charge in [0.25, 0.3) is 0 Å². The maximum absolute atomic E-state index is 5.78. The van der Waals surface area contributed by atoms with Gasteiger partial charge in [0.1, 0.15) is 14.6 Å². The summed E-state index contributed by atoms with van der Waals surface area (Å²) in [4.78, 5) is 0. The Morgan fingerprint density at radius 2 is 1.74 bits per heavy atom. The van der Waals surface area contributed by atoms with Gasteiger partial charge in [0.2, 0.25) is 0 Å². The van der Waals surface area contributed by atoms with Gasteiger partial charge >= 0.3 is 0 Å². The summed E-state index contributed by atoms with van der Waals surface area (Å²) in [5.41, 5.74) is 1.23. The van der Waals surface area contributed by atoms with Gasteiger partial charge in [-0.05, 0) is 24.1 Å². The smallest absolute Gasteiger partial charge is 0.123 e.